The predicted molar refractivity (Wildman–Crippen MR) is 57.3 cm³/mol. The minimum absolute atomic E-state index is 0.614. The highest BCUT2D eigenvalue weighted by Crippen LogP contribution is 2.17. The number of hydrazine groups is 1. The van der Waals surface area contributed by atoms with E-state index in [2.05, 4.69) is 5.43 Å². The molecule has 0 spiro atoms. The maximum atomic E-state index is 11.1. The maximum absolute atomic E-state index is 11.1. The van der Waals surface area contributed by atoms with Crippen molar-refractivity contribution in [3.05, 3.63) is 42.6 Å². The minimum atomic E-state index is -1.30. The first-order valence-electron chi connectivity index (χ1n) is 4.52. The molecule has 1 amide bonds. The Kier molecular flexibility index (Phi) is 2.18. The molecule has 78 valence electrons. The van der Waals surface area contributed by atoms with E-state index in [0.29, 0.717) is 0 Å². The highest BCUT2D eigenvalue weighted by atomic mass is 16.2. The zero-order valence-electron chi connectivity index (χ0n) is 8.05. The molecule has 1 aliphatic rings. The summed E-state index contributed by atoms with van der Waals surface area (Å²) in [5.41, 5.74) is 13.3. The highest BCUT2D eigenvalue weighted by molar-refractivity contribution is 5.87. The lowest BCUT2D eigenvalue weighted by Crippen LogP contribution is -2.61. The smallest absolute Gasteiger partial charge is 0.258 e. The van der Waals surface area contributed by atoms with Crippen LogP contribution in [0, 0.1) is 0 Å². The van der Waals surface area contributed by atoms with Gasteiger partial charge in [-0.1, -0.05) is 18.2 Å². The van der Waals surface area contributed by atoms with E-state index in [0.717, 1.165) is 5.69 Å². The van der Waals surface area contributed by atoms with Crippen LogP contribution in [0.5, 0.6) is 0 Å². The van der Waals surface area contributed by atoms with Gasteiger partial charge in [-0.15, -0.1) is 0 Å². The summed E-state index contributed by atoms with van der Waals surface area (Å²) < 4.78 is 0. The van der Waals surface area contributed by atoms with Crippen LogP contribution in [0.3, 0.4) is 0 Å². The van der Waals surface area contributed by atoms with E-state index in [1.807, 2.05) is 30.3 Å². The lowest BCUT2D eigenvalue weighted by molar-refractivity contribution is -0.122. The van der Waals surface area contributed by atoms with Gasteiger partial charge in [-0.3, -0.25) is 9.80 Å². The molecule has 1 atom stereocenters. The van der Waals surface area contributed by atoms with Crippen LogP contribution in [0.2, 0.25) is 0 Å². The topological polar surface area (TPSA) is 84.4 Å². The van der Waals surface area contributed by atoms with Crippen molar-refractivity contribution in [1.82, 2.24) is 5.43 Å². The van der Waals surface area contributed by atoms with Gasteiger partial charge in [0.1, 0.15) is 0 Å². The van der Waals surface area contributed by atoms with Crippen LogP contribution >= 0.6 is 0 Å². The normalized spacial score (nSPS) is 24.5. The van der Waals surface area contributed by atoms with Crippen molar-refractivity contribution in [2.45, 2.75) is 5.66 Å². The van der Waals surface area contributed by atoms with Gasteiger partial charge in [0.25, 0.3) is 5.91 Å². The SMILES string of the molecule is NC(=O)C1(N)C=CN(c2ccccc2)N1. The number of carbonyl (C=O) groups excluding carboxylic acids is 1. The third kappa shape index (κ3) is 1.70. The largest absolute Gasteiger partial charge is 0.367 e. The van der Waals surface area contributed by atoms with Gasteiger partial charge < -0.3 is 11.5 Å². The van der Waals surface area contributed by atoms with Crippen LogP contribution in [0.4, 0.5) is 5.69 Å². The molecule has 1 aromatic carbocycles. The number of nitrogens with two attached hydrogens (primary N) is 2. The Morgan fingerprint density at radius 3 is 2.53 bits per heavy atom. The molecule has 0 fully saturated rings. The number of primary amides is 1. The Labute approximate surface area is 87.3 Å². The van der Waals surface area contributed by atoms with E-state index in [4.69, 9.17) is 11.5 Å². The summed E-state index contributed by atoms with van der Waals surface area (Å²) >= 11 is 0. The fourth-order valence-electron chi connectivity index (χ4n) is 1.34. The van der Waals surface area contributed by atoms with Gasteiger partial charge in [-0.25, -0.2) is 0 Å². The van der Waals surface area contributed by atoms with Crippen LogP contribution in [-0.2, 0) is 4.79 Å². The number of hydrogen-bond donors (Lipinski definition) is 3. The Balaban J connectivity index is 2.19. The van der Waals surface area contributed by atoms with Gasteiger partial charge in [0.2, 0.25) is 0 Å². The van der Waals surface area contributed by atoms with Crippen LogP contribution in [-0.4, -0.2) is 11.6 Å². The summed E-state index contributed by atoms with van der Waals surface area (Å²) in [6, 6.07) is 9.48. The van der Waals surface area contributed by atoms with Gasteiger partial charge in [0, 0.05) is 6.20 Å². The second kappa shape index (κ2) is 3.38. The quantitative estimate of drug-likeness (QED) is 0.615. The number of amides is 1. The van der Waals surface area contributed by atoms with E-state index >= 15 is 0 Å². The zero-order chi connectivity index (χ0) is 10.9. The molecule has 5 heteroatoms. The molecule has 5 nitrogen and oxygen atoms in total. The predicted octanol–water partition coefficient (Wildman–Crippen LogP) is -0.335. The van der Waals surface area contributed by atoms with Crippen LogP contribution in [0.25, 0.3) is 0 Å². The number of carbonyl (C=O) groups is 1. The standard InChI is InChI=1S/C10H12N4O/c11-9(15)10(12)6-7-14(13-10)8-4-2-1-3-5-8/h1-7,13H,12H2,(H2,11,15). The fraction of sp³-hybridized carbons (Fsp3) is 0.100. The average molecular weight is 204 g/mol. The summed E-state index contributed by atoms with van der Waals surface area (Å²) in [6.07, 6.45) is 3.21. The molecule has 1 heterocycles. The molecule has 0 aromatic heterocycles. The molecule has 1 unspecified atom stereocenters. The Morgan fingerprint density at radius 2 is 2.00 bits per heavy atom. The molecule has 1 aromatic rings. The van der Waals surface area contributed by atoms with Crippen molar-refractivity contribution in [2.75, 3.05) is 5.01 Å². The molecule has 0 saturated carbocycles. The lowest BCUT2D eigenvalue weighted by Gasteiger charge is -2.24. The third-order valence-electron chi connectivity index (χ3n) is 2.23. The summed E-state index contributed by atoms with van der Waals surface area (Å²) in [4.78, 5) is 11.1. The van der Waals surface area contributed by atoms with Crippen molar-refractivity contribution in [2.24, 2.45) is 11.5 Å². The number of nitrogens with zero attached hydrogens (tertiary/aromatic N) is 1. The van der Waals surface area contributed by atoms with E-state index in [1.165, 1.54) is 6.08 Å². The second-order valence-electron chi connectivity index (χ2n) is 3.37. The number of rotatable bonds is 2. The van der Waals surface area contributed by atoms with E-state index in [1.54, 1.807) is 11.2 Å². The number of anilines is 1. The molecule has 0 radical (unpaired) electrons. The van der Waals surface area contributed by atoms with Gasteiger partial charge in [-0.05, 0) is 18.2 Å². The third-order valence-corrected chi connectivity index (χ3v) is 2.23. The summed E-state index contributed by atoms with van der Waals surface area (Å²) in [5, 5.41) is 1.66. The molecule has 15 heavy (non-hydrogen) atoms. The van der Waals surface area contributed by atoms with Crippen LogP contribution in [0.1, 0.15) is 0 Å². The Hall–Kier alpha value is -1.85. The van der Waals surface area contributed by atoms with Gasteiger partial charge in [-0.2, -0.15) is 5.43 Å². The van der Waals surface area contributed by atoms with E-state index in [9.17, 15) is 4.79 Å². The van der Waals surface area contributed by atoms with Crippen molar-refractivity contribution in [1.29, 1.82) is 0 Å². The van der Waals surface area contributed by atoms with Crippen molar-refractivity contribution < 1.29 is 4.79 Å². The first-order chi connectivity index (χ1) is 7.12. The molecule has 1 aliphatic heterocycles. The fourth-order valence-corrected chi connectivity index (χ4v) is 1.34. The molecular weight excluding hydrogens is 192 g/mol. The molecule has 0 bridgehead atoms. The number of nitrogens with one attached hydrogen (secondary N) is 1. The molecule has 0 aliphatic carbocycles. The molecular formula is C10H12N4O. The maximum Gasteiger partial charge on any atom is 0.258 e. The first-order valence-corrected chi connectivity index (χ1v) is 4.52. The monoisotopic (exact) mass is 204 g/mol. The summed E-state index contributed by atoms with van der Waals surface area (Å²) in [7, 11) is 0. The number of hydrogen-bond acceptors (Lipinski definition) is 4. The van der Waals surface area contributed by atoms with Gasteiger partial charge in [0.15, 0.2) is 5.66 Å². The van der Waals surface area contributed by atoms with Crippen molar-refractivity contribution >= 4 is 11.6 Å². The summed E-state index contributed by atoms with van der Waals surface area (Å²) in [5.74, 6) is -0.614. The second-order valence-corrected chi connectivity index (χ2v) is 3.37. The van der Waals surface area contributed by atoms with Crippen molar-refractivity contribution in [3.8, 4) is 0 Å². The average Bonchev–Trinajstić information content (AvgIpc) is 2.64. The van der Waals surface area contributed by atoms with E-state index in [-0.39, 0.29) is 0 Å². The minimum Gasteiger partial charge on any atom is -0.367 e. The number of benzene rings is 1. The van der Waals surface area contributed by atoms with E-state index < -0.39 is 11.6 Å². The zero-order valence-corrected chi connectivity index (χ0v) is 8.05. The highest BCUT2D eigenvalue weighted by Gasteiger charge is 2.34. The molecule has 0 saturated heterocycles. The summed E-state index contributed by atoms with van der Waals surface area (Å²) in [6.45, 7) is 0. The Morgan fingerprint density at radius 1 is 1.33 bits per heavy atom. The van der Waals surface area contributed by atoms with Gasteiger partial charge in [0.05, 0.1) is 5.69 Å². The van der Waals surface area contributed by atoms with Gasteiger partial charge >= 0.3 is 0 Å². The number of para-hydroxylation sites is 1. The lowest BCUT2D eigenvalue weighted by atomic mass is 10.2. The molecule has 5 N–H and O–H groups in total. The Bertz CT molecular complexity index is 403. The first kappa shape index (κ1) is 9.70. The van der Waals surface area contributed by atoms with Crippen LogP contribution in [0.15, 0.2) is 42.6 Å². The van der Waals surface area contributed by atoms with Crippen LogP contribution < -0.4 is 21.9 Å². The van der Waals surface area contributed by atoms with Crippen molar-refractivity contribution in [3.63, 3.8) is 0 Å². The molecule has 2 rings (SSSR count).